The number of ether oxygens (including phenoxy) is 1. The van der Waals surface area contributed by atoms with E-state index in [9.17, 15) is 8.42 Å². The highest BCUT2D eigenvalue weighted by molar-refractivity contribution is 7.89. The van der Waals surface area contributed by atoms with Gasteiger partial charge in [0.15, 0.2) is 0 Å². The number of nitrogens with zero attached hydrogens (tertiary/aromatic N) is 1. The molecule has 0 aliphatic carbocycles. The van der Waals surface area contributed by atoms with E-state index in [1.165, 1.54) is 4.31 Å². The Labute approximate surface area is 131 Å². The van der Waals surface area contributed by atoms with Gasteiger partial charge in [-0.2, -0.15) is 4.31 Å². The fourth-order valence-corrected chi connectivity index (χ4v) is 4.50. The second kappa shape index (κ2) is 6.83. The Morgan fingerprint density at radius 1 is 1.38 bits per heavy atom. The van der Waals surface area contributed by atoms with Gasteiger partial charge in [0.05, 0.1) is 4.90 Å². The van der Waals surface area contributed by atoms with Crippen LogP contribution in [-0.4, -0.2) is 44.5 Å². The van der Waals surface area contributed by atoms with E-state index < -0.39 is 10.0 Å². The van der Waals surface area contributed by atoms with E-state index in [1.54, 1.807) is 31.4 Å². The maximum atomic E-state index is 12.8. The molecule has 1 aromatic rings. The molecule has 0 unspecified atom stereocenters. The van der Waals surface area contributed by atoms with Crippen LogP contribution < -0.4 is 5.73 Å². The molecule has 21 heavy (non-hydrogen) atoms. The van der Waals surface area contributed by atoms with E-state index in [4.69, 9.17) is 22.7 Å². The fourth-order valence-electron chi connectivity index (χ4n) is 2.59. The van der Waals surface area contributed by atoms with Crippen LogP contribution in [0, 0.1) is 5.92 Å². The van der Waals surface area contributed by atoms with Gasteiger partial charge in [-0.25, -0.2) is 8.42 Å². The van der Waals surface area contributed by atoms with Crippen molar-refractivity contribution in [1.29, 1.82) is 0 Å². The van der Waals surface area contributed by atoms with Crippen LogP contribution in [0.25, 0.3) is 0 Å². The van der Waals surface area contributed by atoms with Crippen molar-refractivity contribution >= 4 is 27.2 Å². The summed E-state index contributed by atoms with van der Waals surface area (Å²) in [6.07, 6.45) is 1.62. The van der Waals surface area contributed by atoms with E-state index in [0.29, 0.717) is 31.2 Å². The Bertz CT molecular complexity index is 608. The first-order valence-corrected chi connectivity index (χ1v) is 8.69. The van der Waals surface area contributed by atoms with Gasteiger partial charge in [-0.3, -0.25) is 0 Å². The summed E-state index contributed by atoms with van der Waals surface area (Å²) in [6, 6.07) is 6.63. The first kappa shape index (κ1) is 16.4. The Morgan fingerprint density at radius 3 is 2.57 bits per heavy atom. The number of nitrogens with two attached hydrogens (primary N) is 1. The van der Waals surface area contributed by atoms with Crippen LogP contribution in [0.2, 0.25) is 0 Å². The minimum atomic E-state index is -3.55. The Hall–Kier alpha value is -1.02. The zero-order valence-corrected chi connectivity index (χ0v) is 13.6. The summed E-state index contributed by atoms with van der Waals surface area (Å²) < 4.78 is 32.2. The molecule has 1 aliphatic heterocycles. The van der Waals surface area contributed by atoms with Crippen LogP contribution in [0.3, 0.4) is 0 Å². The van der Waals surface area contributed by atoms with Crippen LogP contribution in [0.4, 0.5) is 0 Å². The molecule has 2 N–H and O–H groups in total. The van der Waals surface area contributed by atoms with Crippen molar-refractivity contribution in [3.8, 4) is 0 Å². The number of benzene rings is 1. The monoisotopic (exact) mass is 328 g/mol. The third-order valence-corrected chi connectivity index (χ3v) is 5.92. The van der Waals surface area contributed by atoms with Gasteiger partial charge in [0, 0.05) is 32.4 Å². The number of hydrogen-bond donors (Lipinski definition) is 1. The zero-order valence-electron chi connectivity index (χ0n) is 12.0. The number of thiocarbonyl (C=S) groups is 1. The molecule has 5 nitrogen and oxygen atoms in total. The third kappa shape index (κ3) is 3.60. The van der Waals surface area contributed by atoms with Crippen LogP contribution in [0.5, 0.6) is 0 Å². The van der Waals surface area contributed by atoms with Gasteiger partial charge in [-0.05, 0) is 24.8 Å². The average molecular weight is 328 g/mol. The van der Waals surface area contributed by atoms with E-state index >= 15 is 0 Å². The average Bonchev–Trinajstić information content (AvgIpc) is 2.48. The van der Waals surface area contributed by atoms with E-state index in [1.807, 2.05) is 0 Å². The molecule has 1 saturated heterocycles. The summed E-state index contributed by atoms with van der Waals surface area (Å²) in [7, 11) is -1.88. The fraction of sp³-hybridized carbons (Fsp3) is 0.500. The lowest BCUT2D eigenvalue weighted by molar-refractivity contribution is 0.121. The molecule has 0 radical (unpaired) electrons. The molecule has 2 rings (SSSR count). The largest absolute Gasteiger partial charge is 0.389 e. The van der Waals surface area contributed by atoms with Gasteiger partial charge in [0.1, 0.15) is 4.99 Å². The Kier molecular flexibility index (Phi) is 5.32. The number of hydrogen-bond acceptors (Lipinski definition) is 4. The summed E-state index contributed by atoms with van der Waals surface area (Å²) in [5.41, 5.74) is 6.04. The number of methoxy groups -OCH3 is 1. The number of sulfonamides is 1. The first-order chi connectivity index (χ1) is 9.96. The van der Waals surface area contributed by atoms with Crippen molar-refractivity contribution in [2.24, 2.45) is 11.7 Å². The minimum absolute atomic E-state index is 0.100. The summed E-state index contributed by atoms with van der Waals surface area (Å²) in [5, 5.41) is 0. The smallest absolute Gasteiger partial charge is 0.243 e. The predicted octanol–water partition coefficient (Wildman–Crippen LogP) is 1.37. The highest BCUT2D eigenvalue weighted by Crippen LogP contribution is 2.25. The van der Waals surface area contributed by atoms with E-state index in [2.05, 4.69) is 0 Å². The topological polar surface area (TPSA) is 72.6 Å². The van der Waals surface area contributed by atoms with Gasteiger partial charge < -0.3 is 10.5 Å². The summed E-state index contributed by atoms with van der Waals surface area (Å²) in [4.78, 5) is 0.297. The third-order valence-electron chi connectivity index (χ3n) is 3.75. The molecule has 7 heteroatoms. The predicted molar refractivity (Wildman–Crippen MR) is 85.7 cm³/mol. The van der Waals surface area contributed by atoms with E-state index in [-0.39, 0.29) is 9.88 Å². The quantitative estimate of drug-likeness (QED) is 0.827. The van der Waals surface area contributed by atoms with Crippen molar-refractivity contribution in [2.75, 3.05) is 26.8 Å². The maximum Gasteiger partial charge on any atom is 0.243 e. The van der Waals surface area contributed by atoms with Crippen molar-refractivity contribution < 1.29 is 13.2 Å². The molecule has 1 fully saturated rings. The lowest BCUT2D eigenvalue weighted by Crippen LogP contribution is -2.40. The second-order valence-corrected chi connectivity index (χ2v) is 7.51. The van der Waals surface area contributed by atoms with Crippen LogP contribution in [0.15, 0.2) is 29.2 Å². The van der Waals surface area contributed by atoms with Crippen molar-refractivity contribution in [2.45, 2.75) is 17.7 Å². The second-order valence-electron chi connectivity index (χ2n) is 5.16. The normalized spacial score (nSPS) is 17.8. The molecule has 0 atom stereocenters. The zero-order chi connectivity index (χ0) is 15.5. The molecule has 0 spiro atoms. The molecule has 0 aromatic heterocycles. The lowest BCUT2D eigenvalue weighted by atomic mass is 9.99. The Balaban J connectivity index is 2.22. The first-order valence-electron chi connectivity index (χ1n) is 6.84. The SMILES string of the molecule is COCC1CCN(S(=O)(=O)c2ccccc2C(N)=S)CC1. The van der Waals surface area contributed by atoms with E-state index in [0.717, 1.165) is 12.8 Å². The van der Waals surface area contributed by atoms with Gasteiger partial charge in [0.2, 0.25) is 10.0 Å². The highest BCUT2D eigenvalue weighted by Gasteiger charge is 2.31. The van der Waals surface area contributed by atoms with Gasteiger partial charge in [-0.1, -0.05) is 30.4 Å². The molecule has 1 heterocycles. The van der Waals surface area contributed by atoms with Gasteiger partial charge >= 0.3 is 0 Å². The van der Waals surface area contributed by atoms with Crippen LogP contribution >= 0.6 is 12.2 Å². The van der Waals surface area contributed by atoms with Crippen LogP contribution in [-0.2, 0) is 14.8 Å². The van der Waals surface area contributed by atoms with Crippen molar-refractivity contribution in [3.05, 3.63) is 29.8 Å². The molecular formula is C14H20N2O3S2. The number of rotatable bonds is 5. The maximum absolute atomic E-state index is 12.8. The lowest BCUT2D eigenvalue weighted by Gasteiger charge is -2.31. The molecule has 1 aliphatic rings. The molecular weight excluding hydrogens is 308 g/mol. The molecule has 0 bridgehead atoms. The summed E-state index contributed by atoms with van der Waals surface area (Å²) in [5.74, 6) is 0.423. The van der Waals surface area contributed by atoms with Crippen LogP contribution in [0.1, 0.15) is 18.4 Å². The number of piperidine rings is 1. The molecule has 0 saturated carbocycles. The Morgan fingerprint density at radius 2 is 2.00 bits per heavy atom. The summed E-state index contributed by atoms with van der Waals surface area (Å²) in [6.45, 7) is 1.68. The summed E-state index contributed by atoms with van der Waals surface area (Å²) >= 11 is 4.95. The molecule has 116 valence electrons. The standard InChI is InChI=1S/C14H20N2O3S2/c1-19-10-11-6-8-16(9-7-11)21(17,18)13-5-3-2-4-12(13)14(15)20/h2-5,11H,6-10H2,1H3,(H2,15,20). The van der Waals surface area contributed by atoms with Crippen molar-refractivity contribution in [1.82, 2.24) is 4.31 Å². The molecule has 1 aromatic carbocycles. The highest BCUT2D eigenvalue weighted by atomic mass is 32.2. The van der Waals surface area contributed by atoms with Gasteiger partial charge in [-0.15, -0.1) is 0 Å². The molecule has 0 amide bonds. The van der Waals surface area contributed by atoms with Crippen molar-refractivity contribution in [3.63, 3.8) is 0 Å². The van der Waals surface area contributed by atoms with Gasteiger partial charge in [0.25, 0.3) is 0 Å². The minimum Gasteiger partial charge on any atom is -0.389 e.